The lowest BCUT2D eigenvalue weighted by Gasteiger charge is -2.14. The maximum absolute atomic E-state index is 12.0. The van der Waals surface area contributed by atoms with Gasteiger partial charge in [-0.15, -0.1) is 0 Å². The summed E-state index contributed by atoms with van der Waals surface area (Å²) >= 11 is 21.5. The molecular weight excluding hydrogens is 553 g/mol. The first kappa shape index (κ1) is 25.2. The molecule has 0 fully saturated rings. The van der Waals surface area contributed by atoms with Crippen LogP contribution in [-0.2, 0) is 6.61 Å². The molecule has 3 rings (SSSR count). The van der Waals surface area contributed by atoms with Gasteiger partial charge in [-0.2, -0.15) is 5.10 Å². The number of halogens is 4. The van der Waals surface area contributed by atoms with Crippen LogP contribution in [0.2, 0.25) is 15.1 Å². The lowest BCUT2D eigenvalue weighted by atomic mass is 10.2. The van der Waals surface area contributed by atoms with Gasteiger partial charge in [0.1, 0.15) is 6.61 Å². The molecule has 3 aromatic carbocycles. The van der Waals surface area contributed by atoms with Crippen LogP contribution in [0.1, 0.15) is 18.1 Å². The molecule has 0 saturated heterocycles. The quantitative estimate of drug-likeness (QED) is 0.217. The van der Waals surface area contributed by atoms with Crippen molar-refractivity contribution < 1.29 is 14.3 Å². The number of ether oxygens (including phenoxy) is 2. The molecular formula is C23H19BrCl3N3O3. The van der Waals surface area contributed by atoms with Crippen molar-refractivity contribution in [1.82, 2.24) is 5.43 Å². The fraction of sp³-hybridized carbons (Fsp3) is 0.130. The fourth-order valence-electron chi connectivity index (χ4n) is 2.68. The van der Waals surface area contributed by atoms with E-state index in [2.05, 4.69) is 31.8 Å². The molecule has 10 heteroatoms. The number of nitrogens with one attached hydrogen (secondary N) is 2. The van der Waals surface area contributed by atoms with Crippen molar-refractivity contribution >= 4 is 68.7 Å². The van der Waals surface area contributed by atoms with Gasteiger partial charge in [0, 0.05) is 36.4 Å². The molecule has 0 aliphatic heterocycles. The molecule has 0 bridgehead atoms. The number of benzene rings is 3. The lowest BCUT2D eigenvalue weighted by molar-refractivity contribution is 0.252. The maximum Gasteiger partial charge on any atom is 0.339 e. The van der Waals surface area contributed by atoms with Crippen molar-refractivity contribution in [1.29, 1.82) is 0 Å². The molecule has 33 heavy (non-hydrogen) atoms. The van der Waals surface area contributed by atoms with E-state index in [1.54, 1.807) is 48.5 Å². The highest BCUT2D eigenvalue weighted by Gasteiger charge is 2.12. The normalized spacial score (nSPS) is 10.8. The van der Waals surface area contributed by atoms with E-state index in [0.717, 1.165) is 5.56 Å². The highest BCUT2D eigenvalue weighted by Crippen LogP contribution is 2.34. The van der Waals surface area contributed by atoms with E-state index in [4.69, 9.17) is 44.3 Å². The van der Waals surface area contributed by atoms with Gasteiger partial charge in [-0.05, 0) is 71.4 Å². The molecule has 0 aromatic heterocycles. The average Bonchev–Trinajstić information content (AvgIpc) is 2.77. The van der Waals surface area contributed by atoms with Gasteiger partial charge in [0.25, 0.3) is 0 Å². The van der Waals surface area contributed by atoms with Gasteiger partial charge < -0.3 is 14.8 Å². The second kappa shape index (κ2) is 12.1. The molecule has 0 atom stereocenters. The highest BCUT2D eigenvalue weighted by molar-refractivity contribution is 9.10. The second-order valence-corrected chi connectivity index (χ2v) is 8.74. The van der Waals surface area contributed by atoms with Gasteiger partial charge in [-0.3, -0.25) is 0 Å². The summed E-state index contributed by atoms with van der Waals surface area (Å²) in [6, 6.07) is 15.0. The third kappa shape index (κ3) is 7.54. The van der Waals surface area contributed by atoms with Crippen molar-refractivity contribution in [2.24, 2.45) is 5.10 Å². The van der Waals surface area contributed by atoms with Crippen LogP contribution in [0.15, 0.2) is 64.2 Å². The number of anilines is 1. The molecule has 0 aliphatic rings. The summed E-state index contributed by atoms with van der Waals surface area (Å²) in [5, 5.41) is 8.30. The highest BCUT2D eigenvalue weighted by atomic mass is 79.9. The molecule has 0 radical (unpaired) electrons. The zero-order chi connectivity index (χ0) is 23.8. The van der Waals surface area contributed by atoms with Gasteiger partial charge in [0.05, 0.1) is 12.8 Å². The Morgan fingerprint density at radius 1 is 1.00 bits per heavy atom. The summed E-state index contributed by atoms with van der Waals surface area (Å²) in [6.45, 7) is 2.55. The monoisotopic (exact) mass is 569 g/mol. The minimum absolute atomic E-state index is 0.238. The Hall–Kier alpha value is -2.45. The first-order chi connectivity index (χ1) is 15.9. The molecule has 0 unspecified atom stereocenters. The van der Waals surface area contributed by atoms with Crippen molar-refractivity contribution in [3.05, 3.63) is 85.3 Å². The van der Waals surface area contributed by atoms with E-state index in [0.29, 0.717) is 48.9 Å². The predicted molar refractivity (Wildman–Crippen MR) is 137 cm³/mol. The van der Waals surface area contributed by atoms with Crippen LogP contribution in [0.5, 0.6) is 11.5 Å². The zero-order valence-corrected chi connectivity index (χ0v) is 21.2. The summed E-state index contributed by atoms with van der Waals surface area (Å²) in [5.41, 5.74) is 4.48. The molecule has 0 aliphatic carbocycles. The second-order valence-electron chi connectivity index (χ2n) is 6.61. The predicted octanol–water partition coefficient (Wildman–Crippen LogP) is 7.54. The van der Waals surface area contributed by atoms with Gasteiger partial charge in [-0.1, -0.05) is 40.9 Å². The van der Waals surface area contributed by atoms with E-state index in [-0.39, 0.29) is 6.61 Å². The molecule has 172 valence electrons. The number of hydrogen-bond acceptors (Lipinski definition) is 4. The number of carbonyl (C=O) groups excluding carboxylic acids is 1. The van der Waals surface area contributed by atoms with Crippen LogP contribution < -0.4 is 20.2 Å². The number of hydrogen-bond donors (Lipinski definition) is 2. The SMILES string of the molecule is CCOc1cc(/C=N\NC(=O)Nc2ccc(Cl)cc2)c(Br)cc1OCc1ccc(Cl)cc1Cl. The number of amides is 2. The van der Waals surface area contributed by atoms with Gasteiger partial charge in [-0.25, -0.2) is 10.2 Å². The maximum atomic E-state index is 12.0. The first-order valence-corrected chi connectivity index (χ1v) is 11.7. The summed E-state index contributed by atoms with van der Waals surface area (Å²) in [7, 11) is 0. The standard InChI is InChI=1S/C23H19BrCl3N3O3/c1-2-32-21-9-15(12-28-30-23(31)29-18-7-5-16(25)6-8-18)19(24)11-22(21)33-13-14-3-4-17(26)10-20(14)27/h3-12H,2,13H2,1H3,(H2,29,30,31)/b28-12-. The lowest BCUT2D eigenvalue weighted by Crippen LogP contribution is -2.24. The van der Waals surface area contributed by atoms with Crippen molar-refractivity contribution in [2.75, 3.05) is 11.9 Å². The fourth-order valence-corrected chi connectivity index (χ4v) is 3.69. The van der Waals surface area contributed by atoms with Crippen molar-refractivity contribution in [2.45, 2.75) is 13.5 Å². The van der Waals surface area contributed by atoms with Crippen LogP contribution >= 0.6 is 50.7 Å². The summed E-state index contributed by atoms with van der Waals surface area (Å²) in [6.07, 6.45) is 1.49. The van der Waals surface area contributed by atoms with Crippen LogP contribution in [0.3, 0.4) is 0 Å². The van der Waals surface area contributed by atoms with Crippen LogP contribution in [0, 0.1) is 0 Å². The summed E-state index contributed by atoms with van der Waals surface area (Å²) in [5.74, 6) is 1.05. The third-order valence-corrected chi connectivity index (χ3v) is 5.76. The number of rotatable bonds is 8. The number of nitrogens with zero attached hydrogens (tertiary/aromatic N) is 1. The van der Waals surface area contributed by atoms with E-state index in [1.807, 2.05) is 13.0 Å². The Bertz CT molecular complexity index is 1160. The zero-order valence-electron chi connectivity index (χ0n) is 17.4. The minimum Gasteiger partial charge on any atom is -0.490 e. The van der Waals surface area contributed by atoms with Crippen LogP contribution in [0.25, 0.3) is 0 Å². The molecule has 6 nitrogen and oxygen atoms in total. The van der Waals surface area contributed by atoms with Crippen LogP contribution in [0.4, 0.5) is 10.5 Å². The molecule has 0 heterocycles. The Kier molecular flexibility index (Phi) is 9.26. The summed E-state index contributed by atoms with van der Waals surface area (Å²) < 4.78 is 12.3. The molecule has 0 spiro atoms. The first-order valence-electron chi connectivity index (χ1n) is 9.74. The Morgan fingerprint density at radius 2 is 1.70 bits per heavy atom. The topological polar surface area (TPSA) is 72.0 Å². The number of hydrazone groups is 1. The average molecular weight is 572 g/mol. The smallest absolute Gasteiger partial charge is 0.339 e. The van der Waals surface area contributed by atoms with E-state index < -0.39 is 6.03 Å². The Morgan fingerprint density at radius 3 is 2.39 bits per heavy atom. The minimum atomic E-state index is -0.491. The van der Waals surface area contributed by atoms with Crippen LogP contribution in [-0.4, -0.2) is 18.9 Å². The number of carbonyl (C=O) groups is 1. The van der Waals surface area contributed by atoms with Crippen molar-refractivity contribution in [3.8, 4) is 11.5 Å². The molecule has 0 saturated carbocycles. The van der Waals surface area contributed by atoms with Gasteiger partial charge >= 0.3 is 6.03 Å². The molecule has 2 N–H and O–H groups in total. The molecule has 2 amide bonds. The van der Waals surface area contributed by atoms with Gasteiger partial charge in [0.15, 0.2) is 11.5 Å². The van der Waals surface area contributed by atoms with E-state index >= 15 is 0 Å². The van der Waals surface area contributed by atoms with E-state index in [1.165, 1.54) is 6.21 Å². The third-order valence-electron chi connectivity index (χ3n) is 4.23. The Balaban J connectivity index is 1.67. The number of urea groups is 1. The van der Waals surface area contributed by atoms with Crippen molar-refractivity contribution in [3.63, 3.8) is 0 Å². The van der Waals surface area contributed by atoms with E-state index in [9.17, 15) is 4.79 Å². The molecule has 3 aromatic rings. The summed E-state index contributed by atoms with van der Waals surface area (Å²) in [4.78, 5) is 12.0. The van der Waals surface area contributed by atoms with Gasteiger partial charge in [0.2, 0.25) is 0 Å². The largest absolute Gasteiger partial charge is 0.490 e. The Labute approximate surface area is 215 Å².